The molecule has 0 N–H and O–H groups in total. The molecule has 0 radical (unpaired) electrons. The summed E-state index contributed by atoms with van der Waals surface area (Å²) in [5.41, 5.74) is 5.72. The Hall–Kier alpha value is -3.29. The third-order valence-electron chi connectivity index (χ3n) is 5.46. The van der Waals surface area contributed by atoms with Gasteiger partial charge in [-0.05, 0) is 85.3 Å². The molecule has 0 aliphatic heterocycles. The van der Waals surface area contributed by atoms with Gasteiger partial charge in [0.1, 0.15) is 5.82 Å². The van der Waals surface area contributed by atoms with Gasteiger partial charge in [0.05, 0.1) is 0 Å². The van der Waals surface area contributed by atoms with E-state index in [2.05, 4.69) is 61.8 Å². The molecule has 0 saturated heterocycles. The molecule has 0 aliphatic carbocycles. The van der Waals surface area contributed by atoms with Crippen LogP contribution >= 0.6 is 0 Å². The summed E-state index contributed by atoms with van der Waals surface area (Å²) in [7, 11) is 0. The number of halogens is 1. The van der Waals surface area contributed by atoms with Crippen molar-refractivity contribution in [1.82, 2.24) is 0 Å². The molecule has 3 aromatic rings. The van der Waals surface area contributed by atoms with Crippen LogP contribution in [0.3, 0.4) is 0 Å². The monoisotopic (exact) mass is 422 g/mol. The second-order valence-electron chi connectivity index (χ2n) is 8.14. The second-order valence-corrected chi connectivity index (χ2v) is 8.14. The predicted octanol–water partition coefficient (Wildman–Crippen LogP) is 7.70. The largest absolute Gasteiger partial charge is 0.207 e. The lowest BCUT2D eigenvalue weighted by atomic mass is 10.0. The Balaban J connectivity index is 1.61. The highest BCUT2D eigenvalue weighted by Crippen LogP contribution is 2.14. The minimum absolute atomic E-state index is 0.156. The van der Waals surface area contributed by atoms with Crippen LogP contribution in [0.15, 0.2) is 66.7 Å². The molecule has 0 aliphatic rings. The van der Waals surface area contributed by atoms with E-state index < -0.39 is 0 Å². The molecular weight excluding hydrogens is 391 g/mol. The minimum Gasteiger partial charge on any atom is -0.207 e. The molecule has 0 aromatic heterocycles. The van der Waals surface area contributed by atoms with Gasteiger partial charge >= 0.3 is 0 Å². The number of benzene rings is 3. The van der Waals surface area contributed by atoms with Gasteiger partial charge in [0.2, 0.25) is 0 Å². The maximum absolute atomic E-state index is 14.3. The molecule has 0 bridgehead atoms. The van der Waals surface area contributed by atoms with Crippen LogP contribution < -0.4 is 0 Å². The number of rotatable bonds is 7. The van der Waals surface area contributed by atoms with Crippen molar-refractivity contribution in [2.24, 2.45) is 0 Å². The van der Waals surface area contributed by atoms with Crippen LogP contribution in [0.4, 0.5) is 4.39 Å². The van der Waals surface area contributed by atoms with E-state index in [0.29, 0.717) is 5.56 Å². The summed E-state index contributed by atoms with van der Waals surface area (Å²) < 4.78 is 14.3. The molecule has 0 nitrogen and oxygen atoms in total. The molecule has 0 unspecified atom stereocenters. The average molecular weight is 423 g/mol. The second kappa shape index (κ2) is 12.5. The van der Waals surface area contributed by atoms with Crippen molar-refractivity contribution in [2.75, 3.05) is 0 Å². The van der Waals surface area contributed by atoms with Crippen molar-refractivity contribution >= 4 is 0 Å². The zero-order valence-corrected chi connectivity index (χ0v) is 19.2. The quantitative estimate of drug-likeness (QED) is 0.270. The van der Waals surface area contributed by atoms with Crippen LogP contribution in [-0.4, -0.2) is 0 Å². The number of unbranched alkanes of at least 4 members (excludes halogenated alkanes) is 3. The maximum atomic E-state index is 14.3. The molecule has 0 atom stereocenters. The summed E-state index contributed by atoms with van der Waals surface area (Å²) in [4.78, 5) is 0. The van der Waals surface area contributed by atoms with E-state index in [1.54, 1.807) is 6.07 Å². The maximum Gasteiger partial charge on any atom is 0.127 e. The summed E-state index contributed by atoms with van der Waals surface area (Å²) >= 11 is 0. The van der Waals surface area contributed by atoms with Crippen molar-refractivity contribution in [3.05, 3.63) is 106 Å². The molecule has 0 fully saturated rings. The van der Waals surface area contributed by atoms with Gasteiger partial charge in [-0.25, -0.2) is 4.39 Å². The van der Waals surface area contributed by atoms with Gasteiger partial charge in [0.25, 0.3) is 0 Å². The molecule has 3 aromatic carbocycles. The Morgan fingerprint density at radius 3 is 1.59 bits per heavy atom. The van der Waals surface area contributed by atoms with E-state index in [0.717, 1.165) is 54.4 Å². The standard InChI is InChI=1S/C31H31F/c1-3-5-7-9-30-23-22-29(24-31(30)32)21-20-28-18-16-27(17-19-28)15-14-26-12-10-25(11-13-26)8-6-4-2/h10-13,16-19,22-24H,3-9H2,1-2H3. The van der Waals surface area contributed by atoms with E-state index in [4.69, 9.17) is 0 Å². The Kier molecular flexibility index (Phi) is 9.16. The van der Waals surface area contributed by atoms with Crippen molar-refractivity contribution in [3.8, 4) is 23.7 Å². The Morgan fingerprint density at radius 2 is 1.06 bits per heavy atom. The first-order chi connectivity index (χ1) is 15.7. The Morgan fingerprint density at radius 1 is 0.562 bits per heavy atom. The van der Waals surface area contributed by atoms with E-state index in [1.165, 1.54) is 18.4 Å². The highest BCUT2D eigenvalue weighted by molar-refractivity contribution is 5.48. The van der Waals surface area contributed by atoms with Crippen molar-refractivity contribution in [1.29, 1.82) is 0 Å². The third kappa shape index (κ3) is 7.44. The first-order valence-electron chi connectivity index (χ1n) is 11.7. The minimum atomic E-state index is -0.156. The molecule has 0 amide bonds. The first kappa shape index (κ1) is 23.4. The summed E-state index contributed by atoms with van der Waals surface area (Å²) in [5, 5.41) is 0. The summed E-state index contributed by atoms with van der Waals surface area (Å²) in [6.45, 7) is 4.37. The zero-order chi connectivity index (χ0) is 22.6. The van der Waals surface area contributed by atoms with Crippen LogP contribution in [0.25, 0.3) is 0 Å². The van der Waals surface area contributed by atoms with E-state index >= 15 is 0 Å². The fraction of sp³-hybridized carbons (Fsp3) is 0.290. The van der Waals surface area contributed by atoms with Crippen LogP contribution in [-0.2, 0) is 12.8 Å². The normalized spacial score (nSPS) is 10.1. The lowest BCUT2D eigenvalue weighted by Gasteiger charge is -2.03. The fourth-order valence-corrected chi connectivity index (χ4v) is 3.45. The Labute approximate surface area is 192 Å². The Bertz CT molecular complexity index is 1110. The average Bonchev–Trinajstić information content (AvgIpc) is 2.83. The molecule has 1 heteroatoms. The van der Waals surface area contributed by atoms with E-state index in [-0.39, 0.29) is 5.82 Å². The SMILES string of the molecule is CCCCCc1ccc(C#Cc2ccc(C#Cc3ccc(CCCC)cc3)cc2)cc1F. The number of aryl methyl sites for hydroxylation is 2. The third-order valence-corrected chi connectivity index (χ3v) is 5.46. The summed E-state index contributed by atoms with van der Waals surface area (Å²) in [5.74, 6) is 12.5. The number of hydrogen-bond acceptors (Lipinski definition) is 0. The molecule has 0 spiro atoms. The van der Waals surface area contributed by atoms with Crippen LogP contribution in [0.5, 0.6) is 0 Å². The van der Waals surface area contributed by atoms with Crippen molar-refractivity contribution < 1.29 is 4.39 Å². The van der Waals surface area contributed by atoms with E-state index in [9.17, 15) is 4.39 Å². The van der Waals surface area contributed by atoms with Crippen molar-refractivity contribution in [2.45, 2.75) is 58.8 Å². The van der Waals surface area contributed by atoms with Gasteiger partial charge < -0.3 is 0 Å². The first-order valence-corrected chi connectivity index (χ1v) is 11.7. The van der Waals surface area contributed by atoms with Gasteiger partial charge in [-0.3, -0.25) is 0 Å². The molecule has 3 rings (SSSR count). The molecule has 0 saturated carbocycles. The summed E-state index contributed by atoms with van der Waals surface area (Å²) in [6.07, 6.45) is 7.65. The van der Waals surface area contributed by atoms with E-state index in [1.807, 2.05) is 36.4 Å². The summed E-state index contributed by atoms with van der Waals surface area (Å²) in [6, 6.07) is 21.7. The van der Waals surface area contributed by atoms with Gasteiger partial charge in [-0.1, -0.05) is 75.0 Å². The highest BCUT2D eigenvalue weighted by atomic mass is 19.1. The molecule has 32 heavy (non-hydrogen) atoms. The zero-order valence-electron chi connectivity index (χ0n) is 19.2. The number of hydrogen-bond donors (Lipinski definition) is 0. The molecular formula is C31H31F. The van der Waals surface area contributed by atoms with Crippen LogP contribution in [0, 0.1) is 29.5 Å². The van der Waals surface area contributed by atoms with Gasteiger partial charge in [0, 0.05) is 22.3 Å². The van der Waals surface area contributed by atoms with Crippen LogP contribution in [0.2, 0.25) is 0 Å². The van der Waals surface area contributed by atoms with Crippen molar-refractivity contribution in [3.63, 3.8) is 0 Å². The lowest BCUT2D eigenvalue weighted by molar-refractivity contribution is 0.598. The lowest BCUT2D eigenvalue weighted by Crippen LogP contribution is -1.92. The fourth-order valence-electron chi connectivity index (χ4n) is 3.45. The molecule has 0 heterocycles. The van der Waals surface area contributed by atoms with Gasteiger partial charge in [-0.2, -0.15) is 0 Å². The predicted molar refractivity (Wildman–Crippen MR) is 133 cm³/mol. The smallest absolute Gasteiger partial charge is 0.127 e. The van der Waals surface area contributed by atoms with Gasteiger partial charge in [0.15, 0.2) is 0 Å². The molecule has 162 valence electrons. The topological polar surface area (TPSA) is 0 Å². The van der Waals surface area contributed by atoms with Crippen LogP contribution in [0.1, 0.15) is 79.3 Å². The van der Waals surface area contributed by atoms with Gasteiger partial charge in [-0.15, -0.1) is 0 Å². The highest BCUT2D eigenvalue weighted by Gasteiger charge is 2.02.